The molecule has 0 atom stereocenters. The Bertz CT molecular complexity index is 623. The van der Waals surface area contributed by atoms with Crippen molar-refractivity contribution in [2.24, 2.45) is 0 Å². The molecule has 0 saturated carbocycles. The first-order chi connectivity index (χ1) is 8.74. The van der Waals surface area contributed by atoms with Crippen LogP contribution < -0.4 is 21.5 Å². The van der Waals surface area contributed by atoms with Crippen LogP contribution in [0.1, 0.15) is 5.56 Å². The maximum absolute atomic E-state index is 11.7. The Balaban J connectivity index is 1.93. The minimum Gasteiger partial charge on any atom is -0.369 e. The van der Waals surface area contributed by atoms with E-state index in [1.54, 1.807) is 12.4 Å². The summed E-state index contributed by atoms with van der Waals surface area (Å²) in [6.07, 6.45) is 3.51. The van der Waals surface area contributed by atoms with E-state index in [0.29, 0.717) is 24.7 Å². The van der Waals surface area contributed by atoms with E-state index in [1.807, 2.05) is 17.0 Å². The van der Waals surface area contributed by atoms with Crippen LogP contribution in [0.15, 0.2) is 29.3 Å². The molecule has 3 heterocycles. The number of H-pyrrole nitrogens is 1. The van der Waals surface area contributed by atoms with Crippen molar-refractivity contribution < 1.29 is 0 Å². The molecule has 7 nitrogen and oxygen atoms in total. The van der Waals surface area contributed by atoms with Crippen molar-refractivity contribution in [3.8, 4) is 0 Å². The van der Waals surface area contributed by atoms with Gasteiger partial charge in [-0.3, -0.25) is 14.8 Å². The molecule has 0 bridgehead atoms. The number of pyridine rings is 1. The number of hydrogen-bond acceptors (Lipinski definition) is 6. The lowest BCUT2D eigenvalue weighted by atomic mass is 10.3. The smallest absolute Gasteiger partial charge is 0.277 e. The molecule has 0 fully saturated rings. The highest BCUT2D eigenvalue weighted by atomic mass is 16.1. The van der Waals surface area contributed by atoms with Crippen LogP contribution in [0.25, 0.3) is 0 Å². The first kappa shape index (κ1) is 10.6. The zero-order valence-corrected chi connectivity index (χ0v) is 9.55. The van der Waals surface area contributed by atoms with Crippen LogP contribution in [0.3, 0.4) is 0 Å². The van der Waals surface area contributed by atoms with Gasteiger partial charge in [0.25, 0.3) is 5.56 Å². The van der Waals surface area contributed by atoms with Crippen molar-refractivity contribution in [2.45, 2.75) is 6.54 Å². The Morgan fingerprint density at radius 2 is 2.39 bits per heavy atom. The van der Waals surface area contributed by atoms with Crippen LogP contribution in [0.5, 0.6) is 0 Å². The van der Waals surface area contributed by atoms with Crippen LogP contribution in [-0.4, -0.2) is 21.6 Å². The normalized spacial score (nSPS) is 13.2. The number of fused-ring (bicyclic) bond motifs is 1. The predicted molar refractivity (Wildman–Crippen MR) is 68.2 cm³/mol. The van der Waals surface area contributed by atoms with Crippen LogP contribution in [0.4, 0.5) is 17.5 Å². The summed E-state index contributed by atoms with van der Waals surface area (Å²) < 4.78 is 0. The SMILES string of the molecule is Nc1nc2c(c(=O)[nH]1)NCN2Cc1cccnc1. The number of nitrogen functional groups attached to an aromatic ring is 1. The van der Waals surface area contributed by atoms with Crippen molar-refractivity contribution in [1.82, 2.24) is 15.0 Å². The highest BCUT2D eigenvalue weighted by molar-refractivity contribution is 5.70. The number of nitrogens with one attached hydrogen (secondary N) is 2. The molecule has 2 aromatic rings. The van der Waals surface area contributed by atoms with E-state index < -0.39 is 0 Å². The Morgan fingerprint density at radius 3 is 3.17 bits per heavy atom. The average molecular weight is 244 g/mol. The van der Waals surface area contributed by atoms with E-state index in [-0.39, 0.29) is 11.5 Å². The quantitative estimate of drug-likeness (QED) is 0.694. The zero-order chi connectivity index (χ0) is 12.5. The summed E-state index contributed by atoms with van der Waals surface area (Å²) in [6, 6.07) is 3.85. The van der Waals surface area contributed by atoms with Gasteiger partial charge in [0.2, 0.25) is 5.95 Å². The molecule has 0 radical (unpaired) electrons. The number of aromatic nitrogens is 3. The molecular weight excluding hydrogens is 232 g/mol. The second-order valence-electron chi connectivity index (χ2n) is 4.04. The lowest BCUT2D eigenvalue weighted by Crippen LogP contribution is -2.23. The summed E-state index contributed by atoms with van der Waals surface area (Å²) in [5.41, 5.74) is 6.82. The minimum atomic E-state index is -0.244. The van der Waals surface area contributed by atoms with Gasteiger partial charge in [-0.25, -0.2) is 0 Å². The molecule has 4 N–H and O–H groups in total. The minimum absolute atomic E-state index is 0.124. The molecule has 7 heteroatoms. The third kappa shape index (κ3) is 1.75. The summed E-state index contributed by atoms with van der Waals surface area (Å²) in [6.45, 7) is 1.16. The van der Waals surface area contributed by atoms with Crippen LogP contribution in [0, 0.1) is 0 Å². The first-order valence-corrected chi connectivity index (χ1v) is 5.51. The summed E-state index contributed by atoms with van der Waals surface area (Å²) in [7, 11) is 0. The molecule has 2 aromatic heterocycles. The monoisotopic (exact) mass is 244 g/mol. The molecule has 0 amide bonds. The van der Waals surface area contributed by atoms with Gasteiger partial charge in [0.05, 0.1) is 6.67 Å². The molecule has 1 aliphatic heterocycles. The van der Waals surface area contributed by atoms with Gasteiger partial charge in [-0.15, -0.1) is 0 Å². The number of nitrogens with two attached hydrogens (primary N) is 1. The van der Waals surface area contributed by atoms with Crippen molar-refractivity contribution in [2.75, 3.05) is 22.6 Å². The summed E-state index contributed by atoms with van der Waals surface area (Å²) in [5.74, 6) is 0.707. The Hall–Kier alpha value is -2.57. The average Bonchev–Trinajstić information content (AvgIpc) is 2.74. The number of nitrogens with zero attached hydrogens (tertiary/aromatic N) is 3. The highest BCUT2D eigenvalue weighted by Crippen LogP contribution is 2.26. The van der Waals surface area contributed by atoms with Crippen molar-refractivity contribution in [3.63, 3.8) is 0 Å². The fraction of sp³-hybridized carbons (Fsp3) is 0.182. The molecule has 0 aromatic carbocycles. The van der Waals surface area contributed by atoms with Gasteiger partial charge in [0, 0.05) is 18.9 Å². The van der Waals surface area contributed by atoms with Crippen LogP contribution in [0.2, 0.25) is 0 Å². The standard InChI is InChI=1S/C11H12N6O/c12-11-15-9-8(10(18)16-11)14-6-17(9)5-7-2-1-3-13-4-7/h1-4,14H,5-6H2,(H3,12,15,16,18). The first-order valence-electron chi connectivity index (χ1n) is 5.51. The Kier molecular flexibility index (Phi) is 2.36. The molecule has 92 valence electrons. The largest absolute Gasteiger partial charge is 0.369 e. The second kappa shape index (κ2) is 4.02. The molecule has 0 saturated heterocycles. The summed E-state index contributed by atoms with van der Waals surface area (Å²) in [5, 5.41) is 3.01. The van der Waals surface area contributed by atoms with E-state index in [9.17, 15) is 4.79 Å². The molecule has 0 spiro atoms. The van der Waals surface area contributed by atoms with Gasteiger partial charge in [0.1, 0.15) is 5.69 Å². The van der Waals surface area contributed by atoms with E-state index in [2.05, 4.69) is 20.3 Å². The van der Waals surface area contributed by atoms with Crippen LogP contribution >= 0.6 is 0 Å². The summed E-state index contributed by atoms with van der Waals surface area (Å²) in [4.78, 5) is 24.3. The number of aromatic amines is 1. The topological polar surface area (TPSA) is 99.9 Å². The molecule has 18 heavy (non-hydrogen) atoms. The Labute approximate surface area is 103 Å². The van der Waals surface area contributed by atoms with E-state index in [1.165, 1.54) is 0 Å². The molecule has 1 aliphatic rings. The Morgan fingerprint density at radius 1 is 1.50 bits per heavy atom. The van der Waals surface area contributed by atoms with Crippen molar-refractivity contribution >= 4 is 17.5 Å². The van der Waals surface area contributed by atoms with Crippen molar-refractivity contribution in [3.05, 3.63) is 40.4 Å². The summed E-state index contributed by atoms with van der Waals surface area (Å²) >= 11 is 0. The fourth-order valence-electron chi connectivity index (χ4n) is 1.96. The number of anilines is 3. The third-order valence-corrected chi connectivity index (χ3v) is 2.76. The molecule has 3 rings (SSSR count). The molecule has 0 aliphatic carbocycles. The molecular formula is C11H12N6O. The third-order valence-electron chi connectivity index (χ3n) is 2.76. The number of rotatable bonds is 2. The van der Waals surface area contributed by atoms with E-state index in [4.69, 9.17) is 5.73 Å². The number of hydrogen-bond donors (Lipinski definition) is 3. The van der Waals surface area contributed by atoms with Gasteiger partial charge >= 0.3 is 0 Å². The van der Waals surface area contributed by atoms with Crippen molar-refractivity contribution in [1.29, 1.82) is 0 Å². The van der Waals surface area contributed by atoms with Gasteiger partial charge in [-0.2, -0.15) is 4.98 Å². The predicted octanol–water partition coefficient (Wildman–Crippen LogP) is 0.137. The maximum atomic E-state index is 11.7. The van der Waals surface area contributed by atoms with Gasteiger partial charge in [-0.1, -0.05) is 6.07 Å². The van der Waals surface area contributed by atoms with E-state index in [0.717, 1.165) is 5.56 Å². The lowest BCUT2D eigenvalue weighted by molar-refractivity contribution is 0.851. The van der Waals surface area contributed by atoms with Crippen LogP contribution in [-0.2, 0) is 6.54 Å². The highest BCUT2D eigenvalue weighted by Gasteiger charge is 2.23. The second-order valence-corrected chi connectivity index (χ2v) is 4.04. The molecule has 0 unspecified atom stereocenters. The van der Waals surface area contributed by atoms with E-state index >= 15 is 0 Å². The van der Waals surface area contributed by atoms with Gasteiger partial charge in [-0.05, 0) is 11.6 Å². The lowest BCUT2D eigenvalue weighted by Gasteiger charge is -2.16. The fourth-order valence-corrected chi connectivity index (χ4v) is 1.96. The maximum Gasteiger partial charge on any atom is 0.277 e. The van der Waals surface area contributed by atoms with Gasteiger partial charge < -0.3 is 16.0 Å². The van der Waals surface area contributed by atoms with Gasteiger partial charge in [0.15, 0.2) is 5.82 Å². The zero-order valence-electron chi connectivity index (χ0n) is 9.55.